The van der Waals surface area contributed by atoms with E-state index in [4.69, 9.17) is 5.73 Å². The van der Waals surface area contributed by atoms with Crippen molar-refractivity contribution in [2.24, 2.45) is 11.1 Å². The molecular formula is C10H14N2OS. The number of carbonyl (C=O) groups is 1. The highest BCUT2D eigenvalue weighted by atomic mass is 32.1. The number of nitrogens with zero attached hydrogens (tertiary/aromatic N) is 1. The Labute approximate surface area is 87.5 Å². The molecule has 1 fully saturated rings. The molecule has 0 aliphatic heterocycles. The van der Waals surface area contributed by atoms with Gasteiger partial charge in [0.2, 0.25) is 0 Å². The second kappa shape index (κ2) is 3.44. The van der Waals surface area contributed by atoms with Crippen molar-refractivity contribution in [1.82, 2.24) is 4.37 Å². The Morgan fingerprint density at radius 2 is 2.57 bits per heavy atom. The van der Waals surface area contributed by atoms with Gasteiger partial charge in [0.1, 0.15) is 0 Å². The monoisotopic (exact) mass is 210 g/mol. The molecule has 0 spiro atoms. The Bertz CT molecular complexity index is 336. The molecule has 1 aromatic rings. The summed E-state index contributed by atoms with van der Waals surface area (Å²) in [6.45, 7) is 1.98. The Kier molecular flexibility index (Phi) is 2.41. The molecule has 0 bridgehead atoms. The van der Waals surface area contributed by atoms with Crippen LogP contribution in [0.5, 0.6) is 0 Å². The van der Waals surface area contributed by atoms with Crippen molar-refractivity contribution in [3.63, 3.8) is 0 Å². The van der Waals surface area contributed by atoms with Gasteiger partial charge in [0.05, 0.1) is 4.88 Å². The first kappa shape index (κ1) is 9.80. The summed E-state index contributed by atoms with van der Waals surface area (Å²) in [6.07, 6.45) is 4.59. The number of Topliss-reactive ketones (excluding diaryl/α,β-unsaturated/α-hetero) is 1. The van der Waals surface area contributed by atoms with E-state index in [1.54, 1.807) is 12.3 Å². The van der Waals surface area contributed by atoms with Gasteiger partial charge in [-0.05, 0) is 30.4 Å². The largest absolute Gasteiger partial charge is 0.327 e. The molecular weight excluding hydrogens is 196 g/mol. The smallest absolute Gasteiger partial charge is 0.181 e. The summed E-state index contributed by atoms with van der Waals surface area (Å²) in [7, 11) is 0. The third kappa shape index (κ3) is 1.38. The molecule has 1 heterocycles. The first-order valence-electron chi connectivity index (χ1n) is 4.85. The van der Waals surface area contributed by atoms with Crippen molar-refractivity contribution in [2.75, 3.05) is 0 Å². The van der Waals surface area contributed by atoms with Gasteiger partial charge in [0.15, 0.2) is 5.78 Å². The van der Waals surface area contributed by atoms with Gasteiger partial charge in [0, 0.05) is 17.7 Å². The number of hydrogen-bond donors (Lipinski definition) is 1. The third-order valence-electron chi connectivity index (χ3n) is 3.21. The van der Waals surface area contributed by atoms with E-state index in [2.05, 4.69) is 4.37 Å². The summed E-state index contributed by atoms with van der Waals surface area (Å²) in [5.41, 5.74) is 5.63. The zero-order chi connectivity index (χ0) is 10.2. The molecule has 2 N–H and O–H groups in total. The molecule has 0 saturated heterocycles. The highest BCUT2D eigenvalue weighted by Gasteiger charge is 2.43. The van der Waals surface area contributed by atoms with Gasteiger partial charge >= 0.3 is 0 Å². The fraction of sp³-hybridized carbons (Fsp3) is 0.600. The van der Waals surface area contributed by atoms with E-state index in [1.165, 1.54) is 11.5 Å². The summed E-state index contributed by atoms with van der Waals surface area (Å²) < 4.78 is 3.95. The number of hydrogen-bond acceptors (Lipinski definition) is 4. The number of rotatable bonds is 2. The maximum absolute atomic E-state index is 12.1. The van der Waals surface area contributed by atoms with Gasteiger partial charge < -0.3 is 5.73 Å². The zero-order valence-corrected chi connectivity index (χ0v) is 9.01. The lowest BCUT2D eigenvalue weighted by molar-refractivity contribution is 0.0807. The molecule has 0 radical (unpaired) electrons. The van der Waals surface area contributed by atoms with Crippen LogP contribution in [0.25, 0.3) is 0 Å². The summed E-state index contributed by atoms with van der Waals surface area (Å²) in [5, 5.41) is 0. The first-order valence-corrected chi connectivity index (χ1v) is 5.63. The number of carbonyl (C=O) groups excluding carboxylic acids is 1. The van der Waals surface area contributed by atoms with Crippen LogP contribution in [-0.4, -0.2) is 16.2 Å². The summed E-state index contributed by atoms with van der Waals surface area (Å²) in [6, 6.07) is 1.79. The minimum absolute atomic E-state index is 0.0112. The van der Waals surface area contributed by atoms with E-state index in [0.29, 0.717) is 0 Å². The van der Waals surface area contributed by atoms with Crippen molar-refractivity contribution in [1.29, 1.82) is 0 Å². The van der Waals surface area contributed by atoms with Crippen molar-refractivity contribution < 1.29 is 4.79 Å². The van der Waals surface area contributed by atoms with E-state index in [9.17, 15) is 4.79 Å². The van der Waals surface area contributed by atoms with Gasteiger partial charge in [0.25, 0.3) is 0 Å². The van der Waals surface area contributed by atoms with E-state index in [0.717, 1.165) is 24.1 Å². The van der Waals surface area contributed by atoms with Crippen LogP contribution in [0.1, 0.15) is 35.9 Å². The lowest BCUT2D eigenvalue weighted by Crippen LogP contribution is -2.40. The molecule has 0 amide bonds. The van der Waals surface area contributed by atoms with Crippen molar-refractivity contribution in [2.45, 2.75) is 32.2 Å². The molecule has 1 saturated carbocycles. The number of ketones is 1. The van der Waals surface area contributed by atoms with Gasteiger partial charge in [-0.25, -0.2) is 4.37 Å². The lowest BCUT2D eigenvalue weighted by atomic mass is 9.80. The standard InChI is InChI=1S/C10H14N2OS/c1-10(5-2-3-8(10)11)9(13)7-4-6-12-14-7/h4,6,8H,2-3,5,11H2,1H3. The normalized spacial score (nSPS) is 32.0. The van der Waals surface area contributed by atoms with Gasteiger partial charge in [-0.2, -0.15) is 0 Å². The van der Waals surface area contributed by atoms with Crippen LogP contribution >= 0.6 is 11.5 Å². The molecule has 1 aliphatic rings. The second-order valence-electron chi connectivity index (χ2n) is 4.12. The predicted molar refractivity (Wildman–Crippen MR) is 56.4 cm³/mol. The molecule has 76 valence electrons. The first-order chi connectivity index (χ1) is 6.64. The van der Waals surface area contributed by atoms with Crippen LogP contribution in [0.2, 0.25) is 0 Å². The maximum Gasteiger partial charge on any atom is 0.181 e. The number of aromatic nitrogens is 1. The SMILES string of the molecule is CC1(C(=O)c2ccns2)CCCC1N. The molecule has 14 heavy (non-hydrogen) atoms. The minimum Gasteiger partial charge on any atom is -0.327 e. The molecule has 2 rings (SSSR count). The fourth-order valence-corrected chi connectivity index (χ4v) is 2.76. The van der Waals surface area contributed by atoms with Crippen LogP contribution < -0.4 is 5.73 Å². The van der Waals surface area contributed by atoms with Gasteiger partial charge in [-0.3, -0.25) is 4.79 Å². The lowest BCUT2D eigenvalue weighted by Gasteiger charge is -2.26. The van der Waals surface area contributed by atoms with E-state index >= 15 is 0 Å². The highest BCUT2D eigenvalue weighted by Crippen LogP contribution is 2.39. The van der Waals surface area contributed by atoms with E-state index in [-0.39, 0.29) is 17.2 Å². The summed E-state index contributed by atoms with van der Waals surface area (Å²) in [4.78, 5) is 12.9. The van der Waals surface area contributed by atoms with Gasteiger partial charge in [-0.1, -0.05) is 13.3 Å². The Balaban J connectivity index is 2.27. The van der Waals surface area contributed by atoms with E-state index < -0.39 is 0 Å². The molecule has 1 aromatic heterocycles. The molecule has 1 aliphatic carbocycles. The topological polar surface area (TPSA) is 56.0 Å². The predicted octanol–water partition coefficient (Wildman–Crippen LogP) is 1.84. The van der Waals surface area contributed by atoms with Crippen LogP contribution in [0.3, 0.4) is 0 Å². The van der Waals surface area contributed by atoms with Crippen molar-refractivity contribution in [3.8, 4) is 0 Å². The minimum atomic E-state index is -0.355. The van der Waals surface area contributed by atoms with Crippen LogP contribution in [-0.2, 0) is 0 Å². The second-order valence-corrected chi connectivity index (χ2v) is 4.96. The maximum atomic E-state index is 12.1. The van der Waals surface area contributed by atoms with Gasteiger partial charge in [-0.15, -0.1) is 0 Å². The molecule has 2 atom stereocenters. The van der Waals surface area contributed by atoms with Crippen LogP contribution in [0, 0.1) is 5.41 Å². The van der Waals surface area contributed by atoms with Crippen LogP contribution in [0.4, 0.5) is 0 Å². The third-order valence-corrected chi connectivity index (χ3v) is 3.96. The zero-order valence-electron chi connectivity index (χ0n) is 8.19. The quantitative estimate of drug-likeness (QED) is 0.758. The number of nitrogens with two attached hydrogens (primary N) is 1. The molecule has 3 nitrogen and oxygen atoms in total. The Morgan fingerprint density at radius 3 is 3.07 bits per heavy atom. The molecule has 2 unspecified atom stereocenters. The van der Waals surface area contributed by atoms with Crippen molar-refractivity contribution in [3.05, 3.63) is 17.1 Å². The fourth-order valence-electron chi connectivity index (χ4n) is 2.09. The average Bonchev–Trinajstić information content (AvgIpc) is 2.77. The van der Waals surface area contributed by atoms with Crippen LogP contribution in [0.15, 0.2) is 12.3 Å². The highest BCUT2D eigenvalue weighted by molar-refractivity contribution is 7.08. The van der Waals surface area contributed by atoms with Crippen molar-refractivity contribution >= 4 is 17.3 Å². The summed E-state index contributed by atoms with van der Waals surface area (Å²) >= 11 is 1.26. The summed E-state index contributed by atoms with van der Waals surface area (Å²) in [5.74, 6) is 0.171. The van der Waals surface area contributed by atoms with E-state index in [1.807, 2.05) is 6.92 Å². The molecule has 0 aromatic carbocycles. The Morgan fingerprint density at radius 1 is 1.79 bits per heavy atom. The molecule has 4 heteroatoms. The Hall–Kier alpha value is -0.740. The average molecular weight is 210 g/mol.